The molecule has 4 rings (SSSR count). The molecule has 3 heterocycles. The number of aryl methyl sites for hydroxylation is 1. The van der Waals surface area contributed by atoms with Crippen molar-refractivity contribution in [1.29, 1.82) is 0 Å². The lowest BCUT2D eigenvalue weighted by Crippen LogP contribution is -2.12. The fourth-order valence-electron chi connectivity index (χ4n) is 1.94. The summed E-state index contributed by atoms with van der Waals surface area (Å²) in [5, 5.41) is -0.0743. The van der Waals surface area contributed by atoms with Crippen molar-refractivity contribution in [2.24, 2.45) is 0 Å². The third kappa shape index (κ3) is 1.47. The molecular formula is C11H4N2O4S2. The van der Waals surface area contributed by atoms with Crippen LogP contribution in [0.5, 0.6) is 11.6 Å². The third-order valence-corrected chi connectivity index (χ3v) is 3.04. The van der Waals surface area contributed by atoms with Crippen LogP contribution in [0.3, 0.4) is 0 Å². The van der Waals surface area contributed by atoms with E-state index in [9.17, 15) is 0 Å². The van der Waals surface area contributed by atoms with E-state index in [0.29, 0.717) is 39.5 Å². The summed E-state index contributed by atoms with van der Waals surface area (Å²) in [6.07, 6.45) is 0. The van der Waals surface area contributed by atoms with E-state index in [1.165, 1.54) is 0 Å². The first kappa shape index (κ1) is 10.8. The predicted molar refractivity (Wildman–Crippen MR) is 71.0 cm³/mol. The number of ether oxygens (including phenoxy) is 2. The minimum Gasteiger partial charge on any atom is -0.413 e. The number of hydrogen-bond acceptors (Lipinski definition) is 8. The Kier molecular flexibility index (Phi) is 1.99. The Balaban J connectivity index is 2.28. The Morgan fingerprint density at radius 2 is 1.95 bits per heavy atom. The lowest BCUT2D eigenvalue weighted by Gasteiger charge is -2.02. The quantitative estimate of drug-likeness (QED) is 0.585. The van der Waals surface area contributed by atoms with Gasteiger partial charge in [0, 0.05) is 30.5 Å². The summed E-state index contributed by atoms with van der Waals surface area (Å²) in [6, 6.07) is 1.69. The molecule has 0 radical (unpaired) electrons. The van der Waals surface area contributed by atoms with Gasteiger partial charge in [-0.3, -0.25) is 0 Å². The van der Waals surface area contributed by atoms with Gasteiger partial charge in [-0.1, -0.05) is 0 Å². The molecule has 0 N–H and O–H groups in total. The molecule has 0 saturated carbocycles. The second-order valence-corrected chi connectivity index (χ2v) is 4.59. The number of nitrogens with zero attached hydrogens (tertiary/aromatic N) is 2. The summed E-state index contributed by atoms with van der Waals surface area (Å²) in [5.74, 6) is 0.626. The van der Waals surface area contributed by atoms with Crippen molar-refractivity contribution >= 4 is 51.9 Å². The van der Waals surface area contributed by atoms with E-state index >= 15 is 0 Å². The average Bonchev–Trinajstić information content (AvgIpc) is 2.62. The predicted octanol–water partition coefficient (Wildman–Crippen LogP) is 3.06. The standard InChI is InChI=1S/C11H4N2O4S2/c1-3-9-13-6-4(12-3)2-5-7(15-10(18)14-5)8(6)16-11(19)17-9/h2H,1H3. The van der Waals surface area contributed by atoms with Gasteiger partial charge in [0.1, 0.15) is 11.2 Å². The van der Waals surface area contributed by atoms with E-state index in [4.69, 9.17) is 42.7 Å². The zero-order valence-corrected chi connectivity index (χ0v) is 11.1. The fourth-order valence-corrected chi connectivity index (χ4v) is 2.27. The molecular weight excluding hydrogens is 288 g/mol. The Morgan fingerprint density at radius 3 is 2.79 bits per heavy atom. The van der Waals surface area contributed by atoms with Gasteiger partial charge in [0.2, 0.25) is 17.2 Å². The molecule has 8 heteroatoms. The Labute approximate surface area is 116 Å². The van der Waals surface area contributed by atoms with Crippen LogP contribution >= 0.6 is 24.4 Å². The van der Waals surface area contributed by atoms with Crippen LogP contribution < -0.4 is 9.47 Å². The molecule has 1 aliphatic heterocycles. The van der Waals surface area contributed by atoms with Crippen LogP contribution in [-0.2, 0) is 0 Å². The molecule has 94 valence electrons. The Hall–Kier alpha value is -2.06. The highest BCUT2D eigenvalue weighted by molar-refractivity contribution is 7.79. The second-order valence-electron chi connectivity index (χ2n) is 3.92. The van der Waals surface area contributed by atoms with Gasteiger partial charge in [-0.2, -0.15) is 0 Å². The molecule has 19 heavy (non-hydrogen) atoms. The number of fused-ring (bicyclic) bond motifs is 3. The highest BCUT2D eigenvalue weighted by Crippen LogP contribution is 2.37. The van der Waals surface area contributed by atoms with E-state index in [-0.39, 0.29) is 10.1 Å². The topological polar surface area (TPSA) is 70.5 Å². The van der Waals surface area contributed by atoms with Gasteiger partial charge in [0.15, 0.2) is 5.58 Å². The van der Waals surface area contributed by atoms with Crippen LogP contribution in [0, 0.1) is 11.8 Å². The fraction of sp³-hybridized carbons (Fsp3) is 0.0909. The molecule has 2 bridgehead atoms. The molecule has 0 saturated heterocycles. The zero-order chi connectivity index (χ0) is 13.1. The smallest absolute Gasteiger partial charge is 0.365 e. The maximum atomic E-state index is 5.44. The van der Waals surface area contributed by atoms with Gasteiger partial charge in [-0.05, 0) is 6.92 Å². The molecule has 0 amide bonds. The minimum atomic E-state index is -0.0743. The average molecular weight is 292 g/mol. The lowest BCUT2D eigenvalue weighted by molar-refractivity contribution is 0.397. The molecule has 0 unspecified atom stereocenters. The van der Waals surface area contributed by atoms with Gasteiger partial charge < -0.3 is 18.3 Å². The summed E-state index contributed by atoms with van der Waals surface area (Å²) < 4.78 is 21.3. The van der Waals surface area contributed by atoms with Crippen molar-refractivity contribution in [3.8, 4) is 11.6 Å². The summed E-state index contributed by atoms with van der Waals surface area (Å²) in [4.78, 5) is 8.71. The van der Waals surface area contributed by atoms with Gasteiger partial charge >= 0.3 is 10.1 Å². The van der Waals surface area contributed by atoms with Gasteiger partial charge in [-0.15, -0.1) is 0 Å². The molecule has 3 aromatic rings. The maximum Gasteiger partial charge on any atom is 0.365 e. The molecule has 0 fully saturated rings. The minimum absolute atomic E-state index is 0.00168. The zero-order valence-electron chi connectivity index (χ0n) is 9.42. The van der Waals surface area contributed by atoms with Crippen molar-refractivity contribution in [2.75, 3.05) is 0 Å². The van der Waals surface area contributed by atoms with Crippen molar-refractivity contribution in [1.82, 2.24) is 9.97 Å². The van der Waals surface area contributed by atoms with E-state index in [0.717, 1.165) is 0 Å². The molecule has 1 aromatic carbocycles. The van der Waals surface area contributed by atoms with E-state index < -0.39 is 0 Å². The van der Waals surface area contributed by atoms with E-state index in [1.54, 1.807) is 13.0 Å². The largest absolute Gasteiger partial charge is 0.413 e. The van der Waals surface area contributed by atoms with Crippen LogP contribution in [0.25, 0.3) is 22.2 Å². The van der Waals surface area contributed by atoms with Gasteiger partial charge in [0.05, 0.1) is 5.52 Å². The molecule has 6 nitrogen and oxygen atoms in total. The first-order chi connectivity index (χ1) is 9.11. The summed E-state index contributed by atoms with van der Waals surface area (Å²) in [5.41, 5.74) is 2.46. The Morgan fingerprint density at radius 1 is 1.11 bits per heavy atom. The van der Waals surface area contributed by atoms with Crippen LogP contribution in [0.2, 0.25) is 0 Å². The highest BCUT2D eigenvalue weighted by atomic mass is 32.1. The second kappa shape index (κ2) is 3.49. The van der Waals surface area contributed by atoms with Crippen molar-refractivity contribution < 1.29 is 18.3 Å². The third-order valence-electron chi connectivity index (χ3n) is 2.71. The first-order valence-electron chi connectivity index (χ1n) is 5.26. The van der Waals surface area contributed by atoms with E-state index in [1.807, 2.05) is 0 Å². The van der Waals surface area contributed by atoms with Crippen LogP contribution in [0.15, 0.2) is 14.9 Å². The SMILES string of the molecule is Cc1nc2cc3oc(=S)oc3c3c2nc1OC(=S)O3. The number of aromatic nitrogens is 2. The van der Waals surface area contributed by atoms with Gasteiger partial charge in [0.25, 0.3) is 0 Å². The number of rotatable bonds is 0. The van der Waals surface area contributed by atoms with Crippen LogP contribution in [-0.4, -0.2) is 15.2 Å². The highest BCUT2D eigenvalue weighted by Gasteiger charge is 2.24. The van der Waals surface area contributed by atoms with E-state index in [2.05, 4.69) is 9.97 Å². The Bertz CT molecular complexity index is 928. The molecule has 2 aromatic heterocycles. The molecule has 0 aliphatic carbocycles. The van der Waals surface area contributed by atoms with Crippen LogP contribution in [0.1, 0.15) is 5.69 Å². The van der Waals surface area contributed by atoms with Crippen molar-refractivity contribution in [3.63, 3.8) is 0 Å². The van der Waals surface area contributed by atoms with Crippen molar-refractivity contribution in [3.05, 3.63) is 16.7 Å². The molecule has 1 aliphatic rings. The number of thiocarbonyl (C=S) groups is 1. The number of benzene rings is 1. The van der Waals surface area contributed by atoms with Crippen molar-refractivity contribution in [2.45, 2.75) is 6.92 Å². The summed E-state index contributed by atoms with van der Waals surface area (Å²) in [7, 11) is 0. The summed E-state index contributed by atoms with van der Waals surface area (Å²) >= 11 is 9.85. The lowest BCUT2D eigenvalue weighted by atomic mass is 10.2. The first-order valence-corrected chi connectivity index (χ1v) is 6.08. The van der Waals surface area contributed by atoms with Crippen LogP contribution in [0.4, 0.5) is 0 Å². The van der Waals surface area contributed by atoms with Gasteiger partial charge in [-0.25, -0.2) is 9.97 Å². The molecule has 0 spiro atoms. The normalized spacial score (nSPS) is 13.6. The number of hydrogen-bond donors (Lipinski definition) is 0. The monoisotopic (exact) mass is 292 g/mol. The molecule has 0 atom stereocenters. The maximum absolute atomic E-state index is 5.44. The summed E-state index contributed by atoms with van der Waals surface area (Å²) in [6.45, 7) is 1.77.